The molecule has 1 aromatic carbocycles. The normalized spacial score (nSPS) is 23.8. The highest BCUT2D eigenvalue weighted by Crippen LogP contribution is 2.28. The highest BCUT2D eigenvalue weighted by molar-refractivity contribution is 7.91. The minimum Gasteiger partial charge on any atom is -0.381 e. The van der Waals surface area contributed by atoms with Gasteiger partial charge in [-0.05, 0) is 43.5 Å². The zero-order valence-electron chi connectivity index (χ0n) is 10.9. The summed E-state index contributed by atoms with van der Waals surface area (Å²) in [6.07, 6.45) is 5.91. The Balaban J connectivity index is 1.84. The SMILES string of the molecule is CS(=O)(=O)C1CCCC1Nc1ccc2[nH]ccc2c1. The second-order valence-electron chi connectivity index (χ2n) is 5.33. The summed E-state index contributed by atoms with van der Waals surface area (Å²) in [5.41, 5.74) is 2.09. The fraction of sp³-hybridized carbons (Fsp3) is 0.429. The lowest BCUT2D eigenvalue weighted by Gasteiger charge is -2.20. The molecule has 102 valence electrons. The lowest BCUT2D eigenvalue weighted by molar-refractivity contribution is 0.579. The lowest BCUT2D eigenvalue weighted by Crippen LogP contribution is -2.34. The van der Waals surface area contributed by atoms with Crippen LogP contribution < -0.4 is 5.32 Å². The largest absolute Gasteiger partial charge is 0.381 e. The number of hydrogen-bond donors (Lipinski definition) is 2. The van der Waals surface area contributed by atoms with Crippen molar-refractivity contribution in [1.82, 2.24) is 4.98 Å². The summed E-state index contributed by atoms with van der Waals surface area (Å²) in [5, 5.41) is 4.27. The predicted octanol–water partition coefficient (Wildman–Crippen LogP) is 2.55. The molecule has 2 atom stereocenters. The van der Waals surface area contributed by atoms with E-state index < -0.39 is 9.84 Å². The second-order valence-corrected chi connectivity index (χ2v) is 7.59. The standard InChI is InChI=1S/C14H18N2O2S/c1-19(17,18)14-4-2-3-13(14)16-11-5-6-12-10(9-11)7-8-15-12/h5-9,13-16H,2-4H2,1H3. The summed E-state index contributed by atoms with van der Waals surface area (Å²) in [6.45, 7) is 0. The molecule has 0 radical (unpaired) electrons. The van der Waals surface area contributed by atoms with Crippen LogP contribution in [0.15, 0.2) is 30.5 Å². The maximum absolute atomic E-state index is 11.8. The van der Waals surface area contributed by atoms with Crippen LogP contribution in [-0.2, 0) is 9.84 Å². The van der Waals surface area contributed by atoms with Gasteiger partial charge in [0.15, 0.2) is 9.84 Å². The second kappa shape index (κ2) is 4.56. The molecule has 1 fully saturated rings. The van der Waals surface area contributed by atoms with Crippen LogP contribution in [0.5, 0.6) is 0 Å². The summed E-state index contributed by atoms with van der Waals surface area (Å²) < 4.78 is 23.5. The van der Waals surface area contributed by atoms with E-state index >= 15 is 0 Å². The summed E-state index contributed by atoms with van der Waals surface area (Å²) in [7, 11) is -2.97. The van der Waals surface area contributed by atoms with Crippen molar-refractivity contribution in [2.45, 2.75) is 30.6 Å². The van der Waals surface area contributed by atoms with Gasteiger partial charge in [0.2, 0.25) is 0 Å². The predicted molar refractivity (Wildman–Crippen MR) is 78.2 cm³/mol. The Hall–Kier alpha value is -1.49. The molecular weight excluding hydrogens is 260 g/mol. The molecule has 0 aliphatic heterocycles. The molecule has 0 saturated heterocycles. The van der Waals surface area contributed by atoms with Gasteiger partial charge in [0.05, 0.1) is 5.25 Å². The summed E-state index contributed by atoms with van der Waals surface area (Å²) >= 11 is 0. The van der Waals surface area contributed by atoms with Crippen LogP contribution in [0, 0.1) is 0 Å². The molecule has 0 spiro atoms. The van der Waals surface area contributed by atoms with Crippen molar-refractivity contribution in [2.75, 3.05) is 11.6 Å². The molecule has 2 aromatic rings. The fourth-order valence-corrected chi connectivity index (χ4v) is 4.36. The van der Waals surface area contributed by atoms with Crippen molar-refractivity contribution in [3.05, 3.63) is 30.5 Å². The van der Waals surface area contributed by atoms with Gasteiger partial charge in [0.1, 0.15) is 0 Å². The van der Waals surface area contributed by atoms with Crippen molar-refractivity contribution in [3.8, 4) is 0 Å². The topological polar surface area (TPSA) is 62.0 Å². The molecule has 4 nitrogen and oxygen atoms in total. The molecule has 1 aromatic heterocycles. The van der Waals surface area contributed by atoms with E-state index in [-0.39, 0.29) is 11.3 Å². The van der Waals surface area contributed by atoms with Gasteiger partial charge in [-0.25, -0.2) is 8.42 Å². The number of rotatable bonds is 3. The van der Waals surface area contributed by atoms with Gasteiger partial charge < -0.3 is 10.3 Å². The fourth-order valence-electron chi connectivity index (χ4n) is 2.96. The minimum absolute atomic E-state index is 0.0337. The minimum atomic E-state index is -2.97. The van der Waals surface area contributed by atoms with Crippen molar-refractivity contribution in [2.24, 2.45) is 0 Å². The van der Waals surface area contributed by atoms with E-state index in [2.05, 4.69) is 16.4 Å². The van der Waals surface area contributed by atoms with Gasteiger partial charge >= 0.3 is 0 Å². The van der Waals surface area contributed by atoms with E-state index in [1.165, 1.54) is 6.26 Å². The molecule has 2 unspecified atom stereocenters. The number of nitrogens with one attached hydrogen (secondary N) is 2. The first kappa shape index (κ1) is 12.5. The van der Waals surface area contributed by atoms with Crippen LogP contribution in [0.3, 0.4) is 0 Å². The van der Waals surface area contributed by atoms with E-state index in [1.54, 1.807) is 0 Å². The van der Waals surface area contributed by atoms with Crippen molar-refractivity contribution >= 4 is 26.4 Å². The van der Waals surface area contributed by atoms with Gasteiger partial charge in [-0.15, -0.1) is 0 Å². The molecule has 2 N–H and O–H groups in total. The van der Waals surface area contributed by atoms with Gasteiger partial charge in [0, 0.05) is 35.1 Å². The average molecular weight is 278 g/mol. The van der Waals surface area contributed by atoms with Crippen molar-refractivity contribution < 1.29 is 8.42 Å². The van der Waals surface area contributed by atoms with Gasteiger partial charge in [0.25, 0.3) is 0 Å². The third kappa shape index (κ3) is 2.47. The van der Waals surface area contributed by atoms with E-state index in [9.17, 15) is 8.42 Å². The van der Waals surface area contributed by atoms with Crippen LogP contribution >= 0.6 is 0 Å². The van der Waals surface area contributed by atoms with Crippen LogP contribution in [0.2, 0.25) is 0 Å². The maximum Gasteiger partial charge on any atom is 0.152 e. The van der Waals surface area contributed by atoms with Crippen molar-refractivity contribution in [3.63, 3.8) is 0 Å². The Kier molecular flexibility index (Phi) is 3.01. The van der Waals surface area contributed by atoms with Crippen LogP contribution in [-0.4, -0.2) is 30.9 Å². The first-order valence-electron chi connectivity index (χ1n) is 6.56. The zero-order valence-corrected chi connectivity index (χ0v) is 11.7. The molecule has 0 amide bonds. The van der Waals surface area contributed by atoms with E-state index in [4.69, 9.17) is 0 Å². The number of anilines is 1. The van der Waals surface area contributed by atoms with Crippen LogP contribution in [0.25, 0.3) is 10.9 Å². The molecule has 1 heterocycles. The first-order valence-corrected chi connectivity index (χ1v) is 8.52. The van der Waals surface area contributed by atoms with Crippen molar-refractivity contribution in [1.29, 1.82) is 0 Å². The summed E-state index contributed by atoms with van der Waals surface area (Å²) in [5.74, 6) is 0. The van der Waals surface area contributed by atoms with Gasteiger partial charge in [-0.2, -0.15) is 0 Å². The number of benzene rings is 1. The molecule has 1 aliphatic rings. The average Bonchev–Trinajstić information content (AvgIpc) is 2.95. The number of fused-ring (bicyclic) bond motifs is 1. The maximum atomic E-state index is 11.8. The molecule has 3 rings (SSSR count). The summed E-state index contributed by atoms with van der Waals surface area (Å²) in [4.78, 5) is 3.15. The third-order valence-electron chi connectivity index (χ3n) is 3.91. The van der Waals surface area contributed by atoms with E-state index in [0.717, 1.165) is 35.9 Å². The van der Waals surface area contributed by atoms with Crippen LogP contribution in [0.4, 0.5) is 5.69 Å². The number of hydrogen-bond acceptors (Lipinski definition) is 3. The molecular formula is C14H18N2O2S. The van der Waals surface area contributed by atoms with Gasteiger partial charge in [-0.3, -0.25) is 0 Å². The van der Waals surface area contributed by atoms with E-state index in [1.807, 2.05) is 24.4 Å². The number of H-pyrrole nitrogens is 1. The smallest absolute Gasteiger partial charge is 0.152 e. The molecule has 5 heteroatoms. The molecule has 1 saturated carbocycles. The highest BCUT2D eigenvalue weighted by Gasteiger charge is 2.34. The first-order chi connectivity index (χ1) is 9.04. The Morgan fingerprint density at radius 2 is 2.11 bits per heavy atom. The third-order valence-corrected chi connectivity index (χ3v) is 5.57. The highest BCUT2D eigenvalue weighted by atomic mass is 32.2. The monoisotopic (exact) mass is 278 g/mol. The number of aromatic amines is 1. The Morgan fingerprint density at radius 1 is 1.26 bits per heavy atom. The summed E-state index contributed by atoms with van der Waals surface area (Å²) in [6, 6.07) is 8.12. The molecule has 1 aliphatic carbocycles. The van der Waals surface area contributed by atoms with Gasteiger partial charge in [-0.1, -0.05) is 0 Å². The van der Waals surface area contributed by atoms with Crippen LogP contribution in [0.1, 0.15) is 19.3 Å². The number of sulfone groups is 1. The Labute approximate surface area is 113 Å². The van der Waals surface area contributed by atoms with E-state index in [0.29, 0.717) is 0 Å². The number of aromatic nitrogens is 1. The molecule has 0 bridgehead atoms. The zero-order chi connectivity index (χ0) is 13.5. The lowest BCUT2D eigenvalue weighted by atomic mass is 10.2. The Bertz CT molecular complexity index is 690. The molecule has 19 heavy (non-hydrogen) atoms. The quantitative estimate of drug-likeness (QED) is 0.907. The Morgan fingerprint density at radius 3 is 2.89 bits per heavy atom.